The monoisotopic (exact) mass is 473 g/mol. The molecule has 7 heteroatoms. The van der Waals surface area contributed by atoms with Crippen molar-refractivity contribution in [1.82, 2.24) is 14.8 Å². The summed E-state index contributed by atoms with van der Waals surface area (Å²) in [6.07, 6.45) is 2.35. The molecule has 2 aromatic carbocycles. The third-order valence-electron chi connectivity index (χ3n) is 6.44. The molecule has 1 N–H and O–H groups in total. The number of hydrogen-bond acceptors (Lipinski definition) is 4. The van der Waals surface area contributed by atoms with Crippen LogP contribution in [-0.2, 0) is 11.2 Å². The molecule has 0 spiro atoms. The summed E-state index contributed by atoms with van der Waals surface area (Å²) >= 11 is 0. The van der Waals surface area contributed by atoms with Crippen molar-refractivity contribution in [3.63, 3.8) is 0 Å². The Hall–Kier alpha value is -3.61. The Balaban J connectivity index is 1.39. The summed E-state index contributed by atoms with van der Waals surface area (Å²) in [4.78, 5) is 40.7. The Kier molecular flexibility index (Phi) is 5.87. The van der Waals surface area contributed by atoms with E-state index in [1.54, 1.807) is 25.3 Å². The Morgan fingerprint density at radius 3 is 2.51 bits per heavy atom. The molecular formula is C28H31N3O4. The molecule has 0 radical (unpaired) electrons. The van der Waals surface area contributed by atoms with Crippen LogP contribution in [0.25, 0.3) is 10.9 Å². The Morgan fingerprint density at radius 2 is 1.83 bits per heavy atom. The van der Waals surface area contributed by atoms with Gasteiger partial charge in [0.2, 0.25) is 0 Å². The third-order valence-corrected chi connectivity index (χ3v) is 6.44. The van der Waals surface area contributed by atoms with Gasteiger partial charge in [-0.15, -0.1) is 0 Å². The van der Waals surface area contributed by atoms with Gasteiger partial charge < -0.3 is 15.0 Å². The molecule has 2 aliphatic rings. The SMILES string of the molecule is CC(C)(C)OC(=O)N[C@@H](Cc1ccccc1)CN1CC(=O)n2c(cc3cc(C4CC4)ccc32)C1=O. The van der Waals surface area contributed by atoms with Crippen LogP contribution in [0.4, 0.5) is 4.79 Å². The van der Waals surface area contributed by atoms with Crippen LogP contribution in [0.3, 0.4) is 0 Å². The molecule has 1 aliphatic carbocycles. The lowest BCUT2D eigenvalue weighted by Gasteiger charge is -2.31. The molecule has 2 heterocycles. The van der Waals surface area contributed by atoms with Crippen LogP contribution < -0.4 is 5.32 Å². The first-order valence-electron chi connectivity index (χ1n) is 12.2. The quantitative estimate of drug-likeness (QED) is 0.560. The van der Waals surface area contributed by atoms with Crippen LogP contribution in [0.5, 0.6) is 0 Å². The first kappa shape index (κ1) is 23.1. The number of aromatic nitrogens is 1. The highest BCUT2D eigenvalue weighted by Crippen LogP contribution is 2.41. The van der Waals surface area contributed by atoms with Gasteiger partial charge in [0.05, 0.1) is 11.6 Å². The van der Waals surface area contributed by atoms with Crippen molar-refractivity contribution in [2.24, 2.45) is 0 Å². The minimum absolute atomic E-state index is 0.0404. The number of carbonyl (C=O) groups is 3. The Morgan fingerprint density at radius 1 is 1.09 bits per heavy atom. The normalized spacial score (nSPS) is 16.8. The van der Waals surface area contributed by atoms with E-state index in [0.29, 0.717) is 18.0 Å². The zero-order valence-corrected chi connectivity index (χ0v) is 20.4. The maximum absolute atomic E-state index is 13.5. The molecule has 182 valence electrons. The second-order valence-corrected chi connectivity index (χ2v) is 10.6. The number of ether oxygens (including phenoxy) is 1. The van der Waals surface area contributed by atoms with Crippen LogP contribution in [0.2, 0.25) is 0 Å². The van der Waals surface area contributed by atoms with Crippen molar-refractivity contribution in [2.75, 3.05) is 13.1 Å². The van der Waals surface area contributed by atoms with E-state index in [2.05, 4.69) is 17.4 Å². The molecule has 0 saturated heterocycles. The third kappa shape index (κ3) is 5.09. The minimum Gasteiger partial charge on any atom is -0.444 e. The number of benzene rings is 2. The molecule has 3 aromatic rings. The van der Waals surface area contributed by atoms with Gasteiger partial charge in [-0.25, -0.2) is 4.79 Å². The van der Waals surface area contributed by atoms with E-state index in [0.717, 1.165) is 16.5 Å². The molecule has 7 nitrogen and oxygen atoms in total. The summed E-state index contributed by atoms with van der Waals surface area (Å²) in [5.74, 6) is 0.235. The van der Waals surface area contributed by atoms with E-state index < -0.39 is 17.7 Å². The van der Waals surface area contributed by atoms with Gasteiger partial charge in [-0.2, -0.15) is 0 Å². The van der Waals surface area contributed by atoms with Gasteiger partial charge in [0.25, 0.3) is 11.8 Å². The number of carbonyl (C=O) groups excluding carboxylic acids is 3. The fourth-order valence-corrected chi connectivity index (χ4v) is 4.75. The van der Waals surface area contributed by atoms with Gasteiger partial charge in [0.15, 0.2) is 0 Å². The van der Waals surface area contributed by atoms with E-state index in [1.807, 2.05) is 42.5 Å². The highest BCUT2D eigenvalue weighted by molar-refractivity contribution is 6.09. The smallest absolute Gasteiger partial charge is 0.407 e. The fourth-order valence-electron chi connectivity index (χ4n) is 4.75. The number of nitrogens with zero attached hydrogens (tertiary/aromatic N) is 2. The number of fused-ring (bicyclic) bond motifs is 3. The highest BCUT2D eigenvalue weighted by atomic mass is 16.6. The highest BCUT2D eigenvalue weighted by Gasteiger charge is 2.34. The Labute approximate surface area is 205 Å². The van der Waals surface area contributed by atoms with E-state index in [4.69, 9.17) is 4.74 Å². The first-order valence-corrected chi connectivity index (χ1v) is 12.2. The minimum atomic E-state index is -0.640. The largest absolute Gasteiger partial charge is 0.444 e. The number of amides is 2. The molecule has 0 bridgehead atoms. The van der Waals surface area contributed by atoms with Crippen molar-refractivity contribution in [3.05, 3.63) is 71.4 Å². The van der Waals surface area contributed by atoms with Crippen molar-refractivity contribution >= 4 is 28.8 Å². The molecule has 2 amide bonds. The van der Waals surface area contributed by atoms with Crippen LogP contribution in [0, 0.1) is 0 Å². The molecule has 5 rings (SSSR count). The maximum Gasteiger partial charge on any atom is 0.407 e. The molecule has 0 unspecified atom stereocenters. The van der Waals surface area contributed by atoms with Gasteiger partial charge in [-0.1, -0.05) is 36.4 Å². The van der Waals surface area contributed by atoms with Crippen molar-refractivity contribution in [3.8, 4) is 0 Å². The molecule has 1 saturated carbocycles. The zero-order chi connectivity index (χ0) is 24.7. The van der Waals surface area contributed by atoms with Crippen molar-refractivity contribution in [1.29, 1.82) is 0 Å². The second kappa shape index (κ2) is 8.87. The molecule has 35 heavy (non-hydrogen) atoms. The number of hydrogen-bond donors (Lipinski definition) is 1. The van der Waals surface area contributed by atoms with Crippen molar-refractivity contribution < 1.29 is 19.1 Å². The number of nitrogens with one attached hydrogen (secondary N) is 1. The van der Waals surface area contributed by atoms with Crippen LogP contribution in [0.15, 0.2) is 54.6 Å². The first-order chi connectivity index (χ1) is 16.7. The van der Waals surface area contributed by atoms with E-state index >= 15 is 0 Å². The molecule has 1 fully saturated rings. The fraction of sp³-hybridized carbons (Fsp3) is 0.393. The van der Waals surface area contributed by atoms with Crippen LogP contribution in [-0.4, -0.2) is 52.1 Å². The average molecular weight is 474 g/mol. The summed E-state index contributed by atoms with van der Waals surface area (Å²) in [6, 6.07) is 17.3. The van der Waals surface area contributed by atoms with Crippen molar-refractivity contribution in [2.45, 2.75) is 57.6 Å². The second-order valence-electron chi connectivity index (χ2n) is 10.6. The molecule has 1 atom stereocenters. The summed E-state index contributed by atoms with van der Waals surface area (Å²) in [5.41, 5.74) is 2.79. The summed E-state index contributed by atoms with van der Waals surface area (Å²) < 4.78 is 6.99. The van der Waals surface area contributed by atoms with Gasteiger partial charge in [0.1, 0.15) is 17.8 Å². The molecule has 1 aromatic heterocycles. The van der Waals surface area contributed by atoms with Gasteiger partial charge in [0, 0.05) is 11.9 Å². The molecular weight excluding hydrogens is 442 g/mol. The lowest BCUT2D eigenvalue weighted by atomic mass is 10.0. The lowest BCUT2D eigenvalue weighted by Crippen LogP contribution is -2.52. The maximum atomic E-state index is 13.5. The average Bonchev–Trinajstić information content (AvgIpc) is 3.56. The number of alkyl carbamates (subject to hydrolysis) is 1. The van der Waals surface area contributed by atoms with Gasteiger partial charge in [-0.05, 0) is 75.3 Å². The standard InChI is InChI=1S/C28H31N3O4/c1-28(2,3)35-27(34)29-22(13-18-7-5-4-6-8-18)16-30-17-25(32)31-23-12-11-20(19-9-10-19)14-21(23)15-24(31)26(30)33/h4-8,11-12,14-15,19,22H,9-10,13,16-17H2,1-3H3,(H,29,34)/t22-/m0/s1. The van der Waals surface area contributed by atoms with E-state index in [-0.39, 0.29) is 24.9 Å². The molecule has 1 aliphatic heterocycles. The summed E-state index contributed by atoms with van der Waals surface area (Å²) in [5, 5.41) is 3.83. The van der Waals surface area contributed by atoms with Crippen LogP contribution in [0.1, 0.15) is 65.9 Å². The zero-order valence-electron chi connectivity index (χ0n) is 20.4. The Bertz CT molecular complexity index is 1280. The van der Waals surface area contributed by atoms with E-state index in [9.17, 15) is 14.4 Å². The summed E-state index contributed by atoms with van der Waals surface area (Å²) in [6.45, 7) is 5.58. The predicted octanol–water partition coefficient (Wildman–Crippen LogP) is 4.75. The number of rotatable bonds is 6. The lowest BCUT2D eigenvalue weighted by molar-refractivity contribution is 0.0469. The predicted molar refractivity (Wildman–Crippen MR) is 134 cm³/mol. The van der Waals surface area contributed by atoms with Gasteiger partial charge in [-0.3, -0.25) is 14.2 Å². The summed E-state index contributed by atoms with van der Waals surface area (Å²) in [7, 11) is 0. The van der Waals surface area contributed by atoms with E-state index in [1.165, 1.54) is 23.3 Å². The topological polar surface area (TPSA) is 80.6 Å². The van der Waals surface area contributed by atoms with Gasteiger partial charge >= 0.3 is 6.09 Å². The van der Waals surface area contributed by atoms with Crippen LogP contribution >= 0.6 is 0 Å².